The average molecular weight is 398 g/mol. The molecule has 2 aromatic carbocycles. The van der Waals surface area contributed by atoms with Crippen LogP contribution in [0.2, 0.25) is 0 Å². The molecule has 3 aromatic rings. The second-order valence-corrected chi connectivity index (χ2v) is 7.21. The van der Waals surface area contributed by atoms with Crippen LogP contribution < -0.4 is 5.32 Å². The van der Waals surface area contributed by atoms with E-state index in [2.05, 4.69) is 10.3 Å². The van der Waals surface area contributed by atoms with Crippen molar-refractivity contribution >= 4 is 40.4 Å². The Morgan fingerprint density at radius 1 is 1.14 bits per heavy atom. The van der Waals surface area contributed by atoms with Gasteiger partial charge in [-0.05, 0) is 51.1 Å². The third-order valence-electron chi connectivity index (χ3n) is 4.21. The Balaban J connectivity index is 1.73. The Bertz CT molecular complexity index is 996. The fourth-order valence-electron chi connectivity index (χ4n) is 2.83. The summed E-state index contributed by atoms with van der Waals surface area (Å²) in [5, 5.41) is 3.64. The molecule has 0 unspecified atom stereocenters. The summed E-state index contributed by atoms with van der Waals surface area (Å²) >= 11 is 1.38. The predicted octanol–water partition coefficient (Wildman–Crippen LogP) is 4.27. The first-order valence-electron chi connectivity index (χ1n) is 9.18. The summed E-state index contributed by atoms with van der Waals surface area (Å²) in [4.78, 5) is 28.8. The standard InChI is InChI=1S/C21H23N3O3S/c1-4-24-18-11-8-15(20(26)27-5-2)12-17(18)23-21(24)28-13-19(25)22-16-9-6-14(3)7-10-16/h6-12H,4-5,13H2,1-3H3,(H,22,25). The number of hydrogen-bond donors (Lipinski definition) is 1. The highest BCUT2D eigenvalue weighted by Crippen LogP contribution is 2.25. The molecular formula is C21H23N3O3S. The van der Waals surface area contributed by atoms with Crippen molar-refractivity contribution in [1.82, 2.24) is 9.55 Å². The number of carbonyl (C=O) groups is 2. The summed E-state index contributed by atoms with van der Waals surface area (Å²) in [5.74, 6) is -0.194. The van der Waals surface area contributed by atoms with Crippen molar-refractivity contribution < 1.29 is 14.3 Å². The minimum atomic E-state index is -0.359. The predicted molar refractivity (Wildman–Crippen MR) is 112 cm³/mol. The van der Waals surface area contributed by atoms with E-state index in [1.54, 1.807) is 19.1 Å². The largest absolute Gasteiger partial charge is 0.462 e. The molecule has 0 aliphatic carbocycles. The maximum atomic E-state index is 12.3. The maximum absolute atomic E-state index is 12.3. The third-order valence-corrected chi connectivity index (χ3v) is 5.18. The van der Waals surface area contributed by atoms with Gasteiger partial charge in [0.1, 0.15) is 0 Å². The van der Waals surface area contributed by atoms with Gasteiger partial charge < -0.3 is 14.6 Å². The molecule has 0 saturated heterocycles. The number of rotatable bonds is 7. The number of aromatic nitrogens is 2. The van der Waals surface area contributed by atoms with E-state index >= 15 is 0 Å². The van der Waals surface area contributed by atoms with Crippen LogP contribution >= 0.6 is 11.8 Å². The number of aryl methyl sites for hydroxylation is 2. The van der Waals surface area contributed by atoms with Crippen molar-refractivity contribution in [2.75, 3.05) is 17.7 Å². The molecule has 0 saturated carbocycles. The smallest absolute Gasteiger partial charge is 0.338 e. The summed E-state index contributed by atoms with van der Waals surface area (Å²) in [5.41, 5.74) is 4.04. The lowest BCUT2D eigenvalue weighted by Gasteiger charge is -2.07. The number of hydrogen-bond acceptors (Lipinski definition) is 5. The van der Waals surface area contributed by atoms with Gasteiger partial charge in [0.25, 0.3) is 0 Å². The van der Waals surface area contributed by atoms with Crippen molar-refractivity contribution in [3.63, 3.8) is 0 Å². The maximum Gasteiger partial charge on any atom is 0.338 e. The van der Waals surface area contributed by atoms with Gasteiger partial charge in [0, 0.05) is 12.2 Å². The number of amides is 1. The molecule has 0 spiro atoms. The van der Waals surface area contributed by atoms with Crippen molar-refractivity contribution in [3.8, 4) is 0 Å². The molecule has 7 heteroatoms. The molecule has 0 fully saturated rings. The van der Waals surface area contributed by atoms with Gasteiger partial charge in [-0.3, -0.25) is 4.79 Å². The average Bonchev–Trinajstić information content (AvgIpc) is 3.05. The zero-order chi connectivity index (χ0) is 20.1. The van der Waals surface area contributed by atoms with Gasteiger partial charge in [0.05, 0.1) is 29.0 Å². The lowest BCUT2D eigenvalue weighted by Crippen LogP contribution is -2.14. The minimum absolute atomic E-state index is 0.0872. The lowest BCUT2D eigenvalue weighted by atomic mass is 10.2. The Hall–Kier alpha value is -2.80. The van der Waals surface area contributed by atoms with Crippen molar-refractivity contribution in [2.24, 2.45) is 0 Å². The second-order valence-electron chi connectivity index (χ2n) is 6.27. The number of nitrogens with zero attached hydrogens (tertiary/aromatic N) is 2. The molecule has 6 nitrogen and oxygen atoms in total. The van der Waals surface area contributed by atoms with Crippen LogP contribution in [0.4, 0.5) is 5.69 Å². The number of imidazole rings is 1. The molecule has 0 radical (unpaired) electrons. The van der Waals surface area contributed by atoms with E-state index in [-0.39, 0.29) is 17.6 Å². The number of fused-ring (bicyclic) bond motifs is 1. The number of benzene rings is 2. The van der Waals surface area contributed by atoms with E-state index in [9.17, 15) is 9.59 Å². The molecular weight excluding hydrogens is 374 g/mol. The zero-order valence-electron chi connectivity index (χ0n) is 16.2. The van der Waals surface area contributed by atoms with Crippen molar-refractivity contribution in [2.45, 2.75) is 32.5 Å². The van der Waals surface area contributed by atoms with Gasteiger partial charge in [0.2, 0.25) is 5.91 Å². The van der Waals surface area contributed by atoms with Crippen LogP contribution in [0, 0.1) is 6.92 Å². The van der Waals surface area contributed by atoms with E-state index in [0.717, 1.165) is 28.5 Å². The van der Waals surface area contributed by atoms with Crippen LogP contribution in [0.5, 0.6) is 0 Å². The van der Waals surface area contributed by atoms with E-state index < -0.39 is 0 Å². The van der Waals surface area contributed by atoms with E-state index in [1.807, 2.05) is 48.7 Å². The van der Waals surface area contributed by atoms with Crippen molar-refractivity contribution in [3.05, 3.63) is 53.6 Å². The Kier molecular flexibility index (Phi) is 6.36. The molecule has 0 atom stereocenters. The van der Waals surface area contributed by atoms with Crippen LogP contribution in [-0.4, -0.2) is 33.8 Å². The quantitative estimate of drug-likeness (QED) is 0.476. The first-order valence-corrected chi connectivity index (χ1v) is 10.2. The first kappa shape index (κ1) is 19.9. The van der Waals surface area contributed by atoms with Gasteiger partial charge >= 0.3 is 5.97 Å². The summed E-state index contributed by atoms with van der Waals surface area (Å²) in [6, 6.07) is 13.0. The molecule has 0 aliphatic heterocycles. The summed E-state index contributed by atoms with van der Waals surface area (Å²) < 4.78 is 7.09. The van der Waals surface area contributed by atoms with Gasteiger partial charge in [0.15, 0.2) is 5.16 Å². The van der Waals surface area contributed by atoms with Crippen LogP contribution in [-0.2, 0) is 16.1 Å². The molecule has 3 rings (SSSR count). The number of esters is 1. The highest BCUT2D eigenvalue weighted by atomic mass is 32.2. The fourth-order valence-corrected chi connectivity index (χ4v) is 3.71. The normalized spacial score (nSPS) is 10.8. The zero-order valence-corrected chi connectivity index (χ0v) is 17.0. The van der Waals surface area contributed by atoms with Gasteiger partial charge in [-0.1, -0.05) is 29.5 Å². The minimum Gasteiger partial charge on any atom is -0.462 e. The Morgan fingerprint density at radius 3 is 2.57 bits per heavy atom. The molecule has 1 heterocycles. The SMILES string of the molecule is CCOC(=O)c1ccc2c(c1)nc(SCC(=O)Nc1ccc(C)cc1)n2CC. The number of anilines is 1. The number of ether oxygens (including phenoxy) is 1. The second kappa shape index (κ2) is 8.93. The third kappa shape index (κ3) is 4.54. The molecule has 1 amide bonds. The van der Waals surface area contributed by atoms with Crippen LogP contribution in [0.3, 0.4) is 0 Å². The lowest BCUT2D eigenvalue weighted by molar-refractivity contribution is -0.113. The number of nitrogens with one attached hydrogen (secondary N) is 1. The molecule has 1 N–H and O–H groups in total. The monoisotopic (exact) mass is 397 g/mol. The first-order chi connectivity index (χ1) is 13.5. The van der Waals surface area contributed by atoms with Crippen molar-refractivity contribution in [1.29, 1.82) is 0 Å². The topological polar surface area (TPSA) is 73.2 Å². The van der Waals surface area contributed by atoms with E-state index in [0.29, 0.717) is 17.7 Å². The van der Waals surface area contributed by atoms with Crippen LogP contribution in [0.1, 0.15) is 29.8 Å². The number of thioether (sulfide) groups is 1. The highest BCUT2D eigenvalue weighted by Gasteiger charge is 2.15. The molecule has 146 valence electrons. The van der Waals surface area contributed by atoms with Gasteiger partial charge in [-0.25, -0.2) is 9.78 Å². The van der Waals surface area contributed by atoms with Crippen LogP contribution in [0.25, 0.3) is 11.0 Å². The van der Waals surface area contributed by atoms with Crippen LogP contribution in [0.15, 0.2) is 47.6 Å². The molecule has 28 heavy (non-hydrogen) atoms. The Labute approximate surface area is 168 Å². The molecule has 0 aliphatic rings. The summed E-state index contributed by atoms with van der Waals surface area (Å²) in [6.45, 7) is 6.86. The summed E-state index contributed by atoms with van der Waals surface area (Å²) in [7, 11) is 0. The number of carbonyl (C=O) groups excluding carboxylic acids is 2. The summed E-state index contributed by atoms with van der Waals surface area (Å²) in [6.07, 6.45) is 0. The molecule has 0 bridgehead atoms. The van der Waals surface area contributed by atoms with E-state index in [4.69, 9.17) is 4.74 Å². The highest BCUT2D eigenvalue weighted by molar-refractivity contribution is 7.99. The van der Waals surface area contributed by atoms with E-state index in [1.165, 1.54) is 11.8 Å². The van der Waals surface area contributed by atoms with Gasteiger partial charge in [-0.2, -0.15) is 0 Å². The molecule has 1 aromatic heterocycles. The fraction of sp³-hybridized carbons (Fsp3) is 0.286. The van der Waals surface area contributed by atoms with Gasteiger partial charge in [-0.15, -0.1) is 0 Å². The Morgan fingerprint density at radius 2 is 1.89 bits per heavy atom.